The molecule has 19 heavy (non-hydrogen) atoms. The Hall–Kier alpha value is -1.85. The maximum Gasteiger partial charge on any atom is 0.261 e. The molecule has 2 N–H and O–H groups in total. The molecule has 0 amide bonds. The number of aliphatic hydroxyl groups is 1. The number of rotatable bonds is 4. The van der Waals surface area contributed by atoms with Gasteiger partial charge in [-0.15, -0.1) is 0 Å². The number of para-hydroxylation sites is 1. The summed E-state index contributed by atoms with van der Waals surface area (Å²) < 4.78 is 26.9. The van der Waals surface area contributed by atoms with Gasteiger partial charge in [-0.3, -0.25) is 4.72 Å². The number of benzene rings is 2. The van der Waals surface area contributed by atoms with Crippen molar-refractivity contribution in [3.8, 4) is 0 Å². The highest BCUT2D eigenvalue weighted by atomic mass is 32.2. The van der Waals surface area contributed by atoms with Crippen molar-refractivity contribution >= 4 is 15.7 Å². The topological polar surface area (TPSA) is 66.4 Å². The van der Waals surface area contributed by atoms with E-state index in [0.717, 1.165) is 0 Å². The molecule has 1 atom stereocenters. The molecular weight excluding hydrogens is 262 g/mol. The quantitative estimate of drug-likeness (QED) is 0.902. The second-order valence-corrected chi connectivity index (χ2v) is 5.90. The van der Waals surface area contributed by atoms with Crippen molar-refractivity contribution in [3.05, 3.63) is 60.2 Å². The SMILES string of the molecule is CC(O)c1cccc(S(=O)(=O)Nc2ccccc2)c1. The Bertz CT molecular complexity index is 651. The molecule has 0 aliphatic rings. The summed E-state index contributed by atoms with van der Waals surface area (Å²) in [5.74, 6) is 0. The van der Waals surface area contributed by atoms with Gasteiger partial charge in [0.1, 0.15) is 0 Å². The van der Waals surface area contributed by atoms with E-state index in [1.807, 2.05) is 6.07 Å². The van der Waals surface area contributed by atoms with Gasteiger partial charge in [0.15, 0.2) is 0 Å². The third-order valence-corrected chi connectivity index (χ3v) is 4.06. The summed E-state index contributed by atoms with van der Waals surface area (Å²) in [4.78, 5) is 0.134. The monoisotopic (exact) mass is 277 g/mol. The van der Waals surface area contributed by atoms with Crippen LogP contribution in [-0.4, -0.2) is 13.5 Å². The van der Waals surface area contributed by atoms with Crippen LogP contribution in [0, 0.1) is 0 Å². The van der Waals surface area contributed by atoms with Gasteiger partial charge < -0.3 is 5.11 Å². The first-order valence-electron chi connectivity index (χ1n) is 5.85. The largest absolute Gasteiger partial charge is 0.389 e. The normalized spacial score (nSPS) is 12.9. The molecule has 0 aromatic heterocycles. The third kappa shape index (κ3) is 3.33. The molecule has 0 saturated carbocycles. The summed E-state index contributed by atoms with van der Waals surface area (Å²) in [5, 5.41) is 9.49. The van der Waals surface area contributed by atoms with Crippen LogP contribution in [0.3, 0.4) is 0 Å². The Kier molecular flexibility index (Phi) is 3.87. The Labute approximate surface area is 112 Å². The molecule has 1 unspecified atom stereocenters. The van der Waals surface area contributed by atoms with Crippen molar-refractivity contribution < 1.29 is 13.5 Å². The molecule has 0 bridgehead atoms. The number of hydrogen-bond donors (Lipinski definition) is 2. The molecule has 0 radical (unpaired) electrons. The highest BCUT2D eigenvalue weighted by Gasteiger charge is 2.15. The molecule has 2 aromatic carbocycles. The van der Waals surface area contributed by atoms with Gasteiger partial charge in [-0.1, -0.05) is 30.3 Å². The molecule has 5 heteroatoms. The van der Waals surface area contributed by atoms with Crippen LogP contribution in [-0.2, 0) is 10.0 Å². The van der Waals surface area contributed by atoms with E-state index >= 15 is 0 Å². The third-order valence-electron chi connectivity index (χ3n) is 2.68. The van der Waals surface area contributed by atoms with Crippen molar-refractivity contribution in [2.24, 2.45) is 0 Å². The summed E-state index contributed by atoms with van der Waals surface area (Å²) in [6.07, 6.45) is -0.702. The Morgan fingerprint density at radius 2 is 1.74 bits per heavy atom. The van der Waals surface area contributed by atoms with E-state index in [1.54, 1.807) is 43.3 Å². The lowest BCUT2D eigenvalue weighted by atomic mass is 10.1. The second-order valence-electron chi connectivity index (χ2n) is 4.22. The van der Waals surface area contributed by atoms with Crippen molar-refractivity contribution in [2.45, 2.75) is 17.9 Å². The molecule has 2 rings (SSSR count). The van der Waals surface area contributed by atoms with Crippen LogP contribution in [0.2, 0.25) is 0 Å². The van der Waals surface area contributed by atoms with Crippen LogP contribution < -0.4 is 4.72 Å². The van der Waals surface area contributed by atoms with E-state index in [2.05, 4.69) is 4.72 Å². The van der Waals surface area contributed by atoms with Crippen LogP contribution in [0.4, 0.5) is 5.69 Å². The lowest BCUT2D eigenvalue weighted by Crippen LogP contribution is -2.13. The zero-order chi connectivity index (χ0) is 13.9. The van der Waals surface area contributed by atoms with Gasteiger partial charge in [0, 0.05) is 5.69 Å². The molecule has 100 valence electrons. The molecule has 0 aliphatic carbocycles. The number of nitrogens with one attached hydrogen (secondary N) is 1. The molecule has 0 heterocycles. The van der Waals surface area contributed by atoms with Crippen molar-refractivity contribution in [1.29, 1.82) is 0 Å². The van der Waals surface area contributed by atoms with Gasteiger partial charge in [0.05, 0.1) is 11.0 Å². The lowest BCUT2D eigenvalue weighted by molar-refractivity contribution is 0.199. The smallest absolute Gasteiger partial charge is 0.261 e. The average Bonchev–Trinajstić information content (AvgIpc) is 2.39. The van der Waals surface area contributed by atoms with Gasteiger partial charge >= 0.3 is 0 Å². The summed E-state index contributed by atoms with van der Waals surface area (Å²) in [5.41, 5.74) is 1.07. The van der Waals surface area contributed by atoms with Gasteiger partial charge in [0.2, 0.25) is 0 Å². The molecule has 0 fully saturated rings. The predicted octanol–water partition coefficient (Wildman–Crippen LogP) is 2.54. The van der Waals surface area contributed by atoms with E-state index in [-0.39, 0.29) is 4.90 Å². The number of anilines is 1. The summed E-state index contributed by atoms with van der Waals surface area (Å²) >= 11 is 0. The molecule has 2 aromatic rings. The van der Waals surface area contributed by atoms with Crippen LogP contribution in [0.1, 0.15) is 18.6 Å². The minimum absolute atomic E-state index is 0.134. The van der Waals surface area contributed by atoms with E-state index < -0.39 is 16.1 Å². The zero-order valence-electron chi connectivity index (χ0n) is 10.4. The van der Waals surface area contributed by atoms with E-state index in [4.69, 9.17) is 0 Å². The van der Waals surface area contributed by atoms with Crippen molar-refractivity contribution in [3.63, 3.8) is 0 Å². The number of hydrogen-bond acceptors (Lipinski definition) is 3. The summed E-state index contributed by atoms with van der Waals surface area (Å²) in [6, 6.07) is 14.9. The first kappa shape index (κ1) is 13.6. The Morgan fingerprint density at radius 1 is 1.05 bits per heavy atom. The van der Waals surface area contributed by atoms with Crippen LogP contribution in [0.15, 0.2) is 59.5 Å². The van der Waals surface area contributed by atoms with Crippen LogP contribution in [0.25, 0.3) is 0 Å². The number of sulfonamides is 1. The van der Waals surface area contributed by atoms with E-state index in [1.165, 1.54) is 12.1 Å². The van der Waals surface area contributed by atoms with E-state index in [0.29, 0.717) is 11.3 Å². The van der Waals surface area contributed by atoms with Gasteiger partial charge in [-0.2, -0.15) is 0 Å². The Balaban J connectivity index is 2.32. The average molecular weight is 277 g/mol. The van der Waals surface area contributed by atoms with Gasteiger partial charge in [-0.05, 0) is 36.8 Å². The molecule has 0 aliphatic heterocycles. The van der Waals surface area contributed by atoms with E-state index in [9.17, 15) is 13.5 Å². The molecule has 0 saturated heterocycles. The summed E-state index contributed by atoms with van der Waals surface area (Å²) in [6.45, 7) is 1.59. The highest BCUT2D eigenvalue weighted by molar-refractivity contribution is 7.92. The maximum atomic E-state index is 12.2. The predicted molar refractivity (Wildman–Crippen MR) is 74.3 cm³/mol. The first-order chi connectivity index (χ1) is 8.99. The minimum atomic E-state index is -3.63. The minimum Gasteiger partial charge on any atom is -0.389 e. The molecular formula is C14H15NO3S. The summed E-state index contributed by atoms with van der Waals surface area (Å²) in [7, 11) is -3.63. The van der Waals surface area contributed by atoms with Gasteiger partial charge in [-0.25, -0.2) is 8.42 Å². The lowest BCUT2D eigenvalue weighted by Gasteiger charge is -2.10. The number of aliphatic hydroxyl groups excluding tert-OH is 1. The fourth-order valence-electron chi connectivity index (χ4n) is 1.66. The zero-order valence-corrected chi connectivity index (χ0v) is 11.3. The highest BCUT2D eigenvalue weighted by Crippen LogP contribution is 2.19. The van der Waals surface area contributed by atoms with Gasteiger partial charge in [0.25, 0.3) is 10.0 Å². The second kappa shape index (κ2) is 5.42. The molecule has 0 spiro atoms. The fourth-order valence-corrected chi connectivity index (χ4v) is 2.78. The van der Waals surface area contributed by atoms with Crippen molar-refractivity contribution in [1.82, 2.24) is 0 Å². The fraction of sp³-hybridized carbons (Fsp3) is 0.143. The van der Waals surface area contributed by atoms with Crippen LogP contribution in [0.5, 0.6) is 0 Å². The first-order valence-corrected chi connectivity index (χ1v) is 7.33. The maximum absolute atomic E-state index is 12.2. The van der Waals surface area contributed by atoms with Crippen LogP contribution >= 0.6 is 0 Å². The standard InChI is InChI=1S/C14H15NO3S/c1-11(16)12-6-5-9-14(10-12)19(17,18)15-13-7-3-2-4-8-13/h2-11,15-16H,1H3. The Morgan fingerprint density at radius 3 is 2.37 bits per heavy atom. The molecule has 4 nitrogen and oxygen atoms in total. The van der Waals surface area contributed by atoms with Crippen molar-refractivity contribution in [2.75, 3.05) is 4.72 Å².